The molecule has 0 amide bonds. The SMILES string of the molecule is CCC1=C(C)C(/C=C(\CC)c2ccc(C#N)cc2)=C(C)C(C)C1. The zero-order chi connectivity index (χ0) is 17.0. The van der Waals surface area contributed by atoms with E-state index in [-0.39, 0.29) is 0 Å². The number of hydrogen-bond acceptors (Lipinski definition) is 1. The van der Waals surface area contributed by atoms with Gasteiger partial charge in [0.15, 0.2) is 0 Å². The van der Waals surface area contributed by atoms with E-state index in [1.54, 1.807) is 5.57 Å². The third kappa shape index (κ3) is 3.64. The summed E-state index contributed by atoms with van der Waals surface area (Å²) < 4.78 is 0. The van der Waals surface area contributed by atoms with Gasteiger partial charge in [-0.2, -0.15) is 5.26 Å². The molecule has 0 heterocycles. The van der Waals surface area contributed by atoms with Gasteiger partial charge in [-0.05, 0) is 73.4 Å². The summed E-state index contributed by atoms with van der Waals surface area (Å²) in [5.41, 5.74) is 9.24. The maximum atomic E-state index is 8.96. The van der Waals surface area contributed by atoms with Crippen LogP contribution in [0.1, 0.15) is 65.0 Å². The van der Waals surface area contributed by atoms with E-state index in [0.29, 0.717) is 5.92 Å². The summed E-state index contributed by atoms with van der Waals surface area (Å²) in [4.78, 5) is 0. The van der Waals surface area contributed by atoms with Crippen LogP contribution >= 0.6 is 0 Å². The van der Waals surface area contributed by atoms with Gasteiger partial charge in [-0.15, -0.1) is 0 Å². The lowest BCUT2D eigenvalue weighted by atomic mass is 9.79. The van der Waals surface area contributed by atoms with Gasteiger partial charge in [0, 0.05) is 0 Å². The van der Waals surface area contributed by atoms with Crippen LogP contribution in [-0.4, -0.2) is 0 Å². The molecule has 1 atom stereocenters. The predicted octanol–water partition coefficient (Wildman–Crippen LogP) is 6.43. The Hall–Kier alpha value is -2.07. The van der Waals surface area contributed by atoms with Crippen LogP contribution in [0.15, 0.2) is 52.6 Å². The lowest BCUT2D eigenvalue weighted by Gasteiger charge is -2.27. The van der Waals surface area contributed by atoms with Gasteiger partial charge in [0.25, 0.3) is 0 Å². The maximum Gasteiger partial charge on any atom is 0.0991 e. The van der Waals surface area contributed by atoms with E-state index in [2.05, 4.69) is 58.9 Å². The minimum atomic E-state index is 0.624. The molecule has 0 N–H and O–H groups in total. The van der Waals surface area contributed by atoms with E-state index in [0.717, 1.165) is 18.4 Å². The second kappa shape index (κ2) is 7.47. The van der Waals surface area contributed by atoms with Gasteiger partial charge >= 0.3 is 0 Å². The summed E-state index contributed by atoms with van der Waals surface area (Å²) >= 11 is 0. The van der Waals surface area contributed by atoms with E-state index in [1.165, 1.54) is 34.3 Å². The van der Waals surface area contributed by atoms with Crippen LogP contribution in [-0.2, 0) is 0 Å². The van der Waals surface area contributed by atoms with E-state index in [4.69, 9.17) is 5.26 Å². The molecule has 1 aliphatic rings. The fourth-order valence-electron chi connectivity index (χ4n) is 3.38. The number of hydrogen-bond donors (Lipinski definition) is 0. The van der Waals surface area contributed by atoms with Gasteiger partial charge in [-0.3, -0.25) is 0 Å². The fraction of sp³-hybridized carbons (Fsp3) is 0.409. The molecule has 1 nitrogen and oxygen atoms in total. The lowest BCUT2D eigenvalue weighted by molar-refractivity contribution is 0.634. The van der Waals surface area contributed by atoms with Crippen LogP contribution in [0.3, 0.4) is 0 Å². The first kappa shape index (κ1) is 17.3. The number of benzene rings is 1. The van der Waals surface area contributed by atoms with E-state index in [9.17, 15) is 0 Å². The molecule has 1 aromatic rings. The van der Waals surface area contributed by atoms with E-state index >= 15 is 0 Å². The second-order valence-electron chi connectivity index (χ2n) is 6.50. The average Bonchev–Trinajstić information content (AvgIpc) is 2.58. The number of rotatable bonds is 4. The van der Waals surface area contributed by atoms with Crippen molar-refractivity contribution in [1.29, 1.82) is 5.26 Å². The Labute approximate surface area is 141 Å². The Bertz CT molecular complexity index is 705. The molecule has 0 fully saturated rings. The molecule has 0 aliphatic heterocycles. The van der Waals surface area contributed by atoms with Crippen LogP contribution in [0.2, 0.25) is 0 Å². The van der Waals surface area contributed by atoms with Crippen LogP contribution in [0.4, 0.5) is 0 Å². The zero-order valence-corrected chi connectivity index (χ0v) is 15.0. The smallest absolute Gasteiger partial charge is 0.0991 e. The van der Waals surface area contributed by atoms with Crippen molar-refractivity contribution in [2.45, 2.75) is 53.9 Å². The standard InChI is InChI=1S/C22H27N/c1-6-19-12-15(3)16(4)22(17(19)5)13-20(7-2)21-10-8-18(14-23)9-11-21/h8-11,13,15H,6-7,12H2,1-5H3/b20-13+. The summed E-state index contributed by atoms with van der Waals surface area (Å²) in [5.74, 6) is 0.624. The van der Waals surface area contributed by atoms with Gasteiger partial charge in [-0.1, -0.05) is 50.1 Å². The summed E-state index contributed by atoms with van der Waals surface area (Å²) in [6, 6.07) is 10.1. The van der Waals surface area contributed by atoms with Crippen molar-refractivity contribution in [3.63, 3.8) is 0 Å². The minimum Gasteiger partial charge on any atom is -0.192 e. The first-order valence-electron chi connectivity index (χ1n) is 8.62. The van der Waals surface area contributed by atoms with Gasteiger partial charge in [0.05, 0.1) is 11.6 Å². The topological polar surface area (TPSA) is 23.8 Å². The molecule has 0 saturated heterocycles. The second-order valence-corrected chi connectivity index (χ2v) is 6.50. The Balaban J connectivity index is 2.49. The van der Waals surface area contributed by atoms with Crippen molar-refractivity contribution in [2.24, 2.45) is 5.92 Å². The largest absolute Gasteiger partial charge is 0.192 e. The predicted molar refractivity (Wildman–Crippen MR) is 98.9 cm³/mol. The fourth-order valence-corrected chi connectivity index (χ4v) is 3.38. The molecule has 1 unspecified atom stereocenters. The van der Waals surface area contributed by atoms with Crippen molar-refractivity contribution >= 4 is 5.57 Å². The van der Waals surface area contributed by atoms with Gasteiger partial charge in [0.1, 0.15) is 0 Å². The molecule has 23 heavy (non-hydrogen) atoms. The summed E-state index contributed by atoms with van der Waals surface area (Å²) in [5, 5.41) is 8.96. The Kier molecular flexibility index (Phi) is 5.61. The van der Waals surface area contributed by atoms with Crippen LogP contribution in [0.5, 0.6) is 0 Å². The molecular formula is C22H27N. The highest BCUT2D eigenvalue weighted by Crippen LogP contribution is 2.37. The van der Waals surface area contributed by atoms with Crippen LogP contribution < -0.4 is 0 Å². The molecule has 0 radical (unpaired) electrons. The van der Waals surface area contributed by atoms with E-state index < -0.39 is 0 Å². The van der Waals surface area contributed by atoms with Crippen molar-refractivity contribution in [1.82, 2.24) is 0 Å². The summed E-state index contributed by atoms with van der Waals surface area (Å²) in [6.07, 6.45) is 5.70. The first-order valence-corrected chi connectivity index (χ1v) is 8.62. The molecule has 0 bridgehead atoms. The number of nitrogens with zero attached hydrogens (tertiary/aromatic N) is 1. The third-order valence-corrected chi connectivity index (χ3v) is 5.16. The van der Waals surface area contributed by atoms with Crippen molar-refractivity contribution in [3.8, 4) is 6.07 Å². The quantitative estimate of drug-likeness (QED) is 0.628. The Morgan fingerprint density at radius 2 is 1.87 bits per heavy atom. The molecule has 2 rings (SSSR count). The van der Waals surface area contributed by atoms with Gasteiger partial charge in [0.2, 0.25) is 0 Å². The van der Waals surface area contributed by atoms with Crippen LogP contribution in [0, 0.1) is 17.2 Å². The normalized spacial score (nSPS) is 19.1. The zero-order valence-electron chi connectivity index (χ0n) is 15.0. The number of allylic oxidation sites excluding steroid dienone is 6. The Morgan fingerprint density at radius 1 is 1.22 bits per heavy atom. The molecule has 0 spiro atoms. The third-order valence-electron chi connectivity index (χ3n) is 5.16. The minimum absolute atomic E-state index is 0.624. The molecular weight excluding hydrogens is 278 g/mol. The highest BCUT2D eigenvalue weighted by Gasteiger charge is 2.20. The summed E-state index contributed by atoms with van der Waals surface area (Å²) in [7, 11) is 0. The first-order chi connectivity index (χ1) is 11.0. The lowest BCUT2D eigenvalue weighted by Crippen LogP contribution is -2.10. The summed E-state index contributed by atoms with van der Waals surface area (Å²) in [6.45, 7) is 11.3. The monoisotopic (exact) mass is 305 g/mol. The number of nitriles is 1. The average molecular weight is 305 g/mol. The highest BCUT2D eigenvalue weighted by molar-refractivity contribution is 5.71. The maximum absolute atomic E-state index is 8.96. The van der Waals surface area contributed by atoms with Crippen molar-refractivity contribution in [3.05, 3.63) is 63.8 Å². The molecule has 120 valence electrons. The van der Waals surface area contributed by atoms with Crippen molar-refractivity contribution < 1.29 is 0 Å². The molecule has 1 aromatic carbocycles. The van der Waals surface area contributed by atoms with Crippen LogP contribution in [0.25, 0.3) is 5.57 Å². The molecule has 1 heteroatoms. The Morgan fingerprint density at radius 3 is 2.39 bits per heavy atom. The molecule has 1 aliphatic carbocycles. The van der Waals surface area contributed by atoms with E-state index in [1.807, 2.05) is 12.1 Å². The van der Waals surface area contributed by atoms with Gasteiger partial charge in [-0.25, -0.2) is 0 Å². The van der Waals surface area contributed by atoms with Gasteiger partial charge < -0.3 is 0 Å². The van der Waals surface area contributed by atoms with Crippen molar-refractivity contribution in [2.75, 3.05) is 0 Å². The molecule has 0 saturated carbocycles. The molecule has 0 aromatic heterocycles. The highest BCUT2D eigenvalue weighted by atomic mass is 14.3.